The highest BCUT2D eigenvalue weighted by Crippen LogP contribution is 1.95. The molecule has 0 aromatic carbocycles. The van der Waals surface area contributed by atoms with Crippen LogP contribution in [0.2, 0.25) is 0 Å². The van der Waals surface area contributed by atoms with Crippen molar-refractivity contribution < 1.29 is 34.8 Å². The van der Waals surface area contributed by atoms with Crippen molar-refractivity contribution in [3.05, 3.63) is 12.4 Å². The summed E-state index contributed by atoms with van der Waals surface area (Å²) in [7, 11) is 0. The third kappa shape index (κ3) is 9.41. The Bertz CT molecular complexity index is 340. The lowest BCUT2D eigenvalue weighted by Gasteiger charge is -2.20. The fraction of sp³-hybridized carbons (Fsp3) is 0.500. The minimum Gasteiger partial charge on any atom is -0.480 e. The first-order valence-electron chi connectivity index (χ1n) is 5.27. The first-order chi connectivity index (χ1) is 8.85. The maximum Gasteiger partial charge on any atom is 0.323 e. The van der Waals surface area contributed by atoms with Gasteiger partial charge < -0.3 is 30.2 Å². The van der Waals surface area contributed by atoms with Crippen LogP contribution in [0.15, 0.2) is 12.4 Å². The number of nitrogens with zero attached hydrogens (tertiary/aromatic N) is 2. The van der Waals surface area contributed by atoms with Gasteiger partial charge in [0.1, 0.15) is 19.6 Å². The number of carboxylic acids is 3. The van der Waals surface area contributed by atoms with E-state index >= 15 is 0 Å². The van der Waals surface area contributed by atoms with Gasteiger partial charge in [0.2, 0.25) is 0 Å². The van der Waals surface area contributed by atoms with Crippen molar-refractivity contribution in [2.45, 2.75) is 0 Å². The van der Waals surface area contributed by atoms with Gasteiger partial charge in [-0.2, -0.15) is 0 Å². The Morgan fingerprint density at radius 1 is 0.789 bits per heavy atom. The fourth-order valence-corrected chi connectivity index (χ4v) is 1.21. The highest BCUT2D eigenvalue weighted by atomic mass is 16.4. The standard InChI is InChI=1S/C10H16N2O7/c13-4-3-11(5-8(14)15)1-2-12(6-9(16)17)7-10(18)19/h1-2,13H,3-7H2,(H,14,15)(H,16,17)(H,18,19). The SMILES string of the molecule is O=C(O)CN(C=CN(CC(=O)O)CC(=O)O)CCO. The molecule has 9 heteroatoms. The minimum atomic E-state index is -1.21. The summed E-state index contributed by atoms with van der Waals surface area (Å²) < 4.78 is 0. The van der Waals surface area contributed by atoms with E-state index in [0.29, 0.717) is 0 Å². The van der Waals surface area contributed by atoms with Crippen LogP contribution in [0.25, 0.3) is 0 Å². The number of carbonyl (C=O) groups is 3. The summed E-state index contributed by atoms with van der Waals surface area (Å²) in [6.07, 6.45) is 2.40. The van der Waals surface area contributed by atoms with Crippen molar-refractivity contribution >= 4 is 17.9 Å². The van der Waals surface area contributed by atoms with Crippen LogP contribution in [0, 0.1) is 0 Å². The molecule has 0 spiro atoms. The third-order valence-electron chi connectivity index (χ3n) is 1.89. The van der Waals surface area contributed by atoms with E-state index in [0.717, 1.165) is 4.90 Å². The molecule has 0 unspecified atom stereocenters. The highest BCUT2D eigenvalue weighted by molar-refractivity contribution is 5.73. The van der Waals surface area contributed by atoms with Gasteiger partial charge in [-0.15, -0.1) is 0 Å². The van der Waals surface area contributed by atoms with E-state index in [-0.39, 0.29) is 19.7 Å². The minimum absolute atomic E-state index is 0.0385. The van der Waals surface area contributed by atoms with Gasteiger partial charge in [-0.1, -0.05) is 0 Å². The van der Waals surface area contributed by atoms with E-state index in [1.165, 1.54) is 17.3 Å². The van der Waals surface area contributed by atoms with Crippen LogP contribution < -0.4 is 0 Å². The molecule has 108 valence electrons. The number of aliphatic carboxylic acids is 3. The maximum absolute atomic E-state index is 10.5. The van der Waals surface area contributed by atoms with Gasteiger partial charge in [-0.05, 0) is 0 Å². The zero-order chi connectivity index (χ0) is 14.8. The lowest BCUT2D eigenvalue weighted by Crippen LogP contribution is -2.32. The van der Waals surface area contributed by atoms with E-state index in [1.54, 1.807) is 0 Å². The molecule has 0 aromatic rings. The smallest absolute Gasteiger partial charge is 0.323 e. The van der Waals surface area contributed by atoms with Crippen molar-refractivity contribution in [3.8, 4) is 0 Å². The van der Waals surface area contributed by atoms with Gasteiger partial charge >= 0.3 is 17.9 Å². The van der Waals surface area contributed by atoms with E-state index < -0.39 is 31.0 Å². The number of hydrogen-bond acceptors (Lipinski definition) is 6. The molecular weight excluding hydrogens is 260 g/mol. The second kappa shape index (κ2) is 8.75. The quantitative estimate of drug-likeness (QED) is 0.368. The van der Waals surface area contributed by atoms with Gasteiger partial charge in [0, 0.05) is 18.9 Å². The largest absolute Gasteiger partial charge is 0.480 e. The summed E-state index contributed by atoms with van der Waals surface area (Å²) in [5, 5.41) is 34.5. The molecule has 0 saturated heterocycles. The van der Waals surface area contributed by atoms with E-state index in [9.17, 15) is 14.4 Å². The summed E-state index contributed by atoms with van der Waals surface area (Å²) in [5.41, 5.74) is 0. The average molecular weight is 276 g/mol. The molecule has 0 heterocycles. The molecule has 0 saturated carbocycles. The van der Waals surface area contributed by atoms with Crippen molar-refractivity contribution in [3.63, 3.8) is 0 Å². The summed E-state index contributed by atoms with van der Waals surface area (Å²) in [6, 6.07) is 0. The Balaban J connectivity index is 4.64. The Labute approximate surface area is 109 Å². The summed E-state index contributed by atoms with van der Waals surface area (Å²) in [5.74, 6) is -3.54. The Hall–Kier alpha value is -2.29. The van der Waals surface area contributed by atoms with Crippen molar-refractivity contribution in [2.75, 3.05) is 32.8 Å². The second-order valence-electron chi connectivity index (χ2n) is 3.58. The molecule has 0 aliphatic heterocycles. The highest BCUT2D eigenvalue weighted by Gasteiger charge is 2.10. The van der Waals surface area contributed by atoms with Crippen LogP contribution in [-0.4, -0.2) is 80.9 Å². The van der Waals surface area contributed by atoms with Crippen LogP contribution in [0.3, 0.4) is 0 Å². The molecule has 4 N–H and O–H groups in total. The molecule has 0 fully saturated rings. The van der Waals surface area contributed by atoms with Crippen LogP contribution in [0.1, 0.15) is 0 Å². The molecule has 0 amide bonds. The van der Waals surface area contributed by atoms with E-state index in [1.807, 2.05) is 0 Å². The molecule has 0 aromatic heterocycles. The predicted octanol–water partition coefficient (Wildman–Crippen LogP) is -1.69. The fourth-order valence-electron chi connectivity index (χ4n) is 1.21. The number of hydrogen-bond donors (Lipinski definition) is 4. The number of rotatable bonds is 10. The van der Waals surface area contributed by atoms with Crippen LogP contribution >= 0.6 is 0 Å². The Morgan fingerprint density at radius 3 is 1.53 bits per heavy atom. The molecular formula is C10H16N2O7. The van der Waals surface area contributed by atoms with Crippen LogP contribution in [0.4, 0.5) is 0 Å². The summed E-state index contributed by atoms with van der Waals surface area (Å²) in [6.45, 7) is -1.68. The lowest BCUT2D eigenvalue weighted by molar-refractivity contribution is -0.141. The molecule has 0 aliphatic carbocycles. The molecule has 0 radical (unpaired) electrons. The first-order valence-corrected chi connectivity index (χ1v) is 5.27. The topological polar surface area (TPSA) is 139 Å². The molecule has 0 atom stereocenters. The molecule has 0 aliphatic rings. The van der Waals surface area contributed by atoms with Crippen molar-refractivity contribution in [1.29, 1.82) is 0 Å². The average Bonchev–Trinajstić information content (AvgIpc) is 2.23. The number of aliphatic hydroxyl groups excluding tert-OH is 1. The van der Waals surface area contributed by atoms with Gasteiger partial charge in [0.25, 0.3) is 0 Å². The first kappa shape index (κ1) is 16.7. The third-order valence-corrected chi connectivity index (χ3v) is 1.89. The van der Waals surface area contributed by atoms with Crippen molar-refractivity contribution in [2.24, 2.45) is 0 Å². The monoisotopic (exact) mass is 276 g/mol. The molecule has 19 heavy (non-hydrogen) atoms. The Morgan fingerprint density at radius 2 is 1.16 bits per heavy atom. The van der Waals surface area contributed by atoms with Gasteiger partial charge in [0.05, 0.1) is 6.61 Å². The summed E-state index contributed by atoms with van der Waals surface area (Å²) in [4.78, 5) is 33.8. The number of carboxylic acid groups (broad SMARTS) is 3. The predicted molar refractivity (Wildman–Crippen MR) is 62.3 cm³/mol. The zero-order valence-corrected chi connectivity index (χ0v) is 10.1. The maximum atomic E-state index is 10.5. The van der Waals surface area contributed by atoms with E-state index in [4.69, 9.17) is 20.4 Å². The van der Waals surface area contributed by atoms with Gasteiger partial charge in [-0.3, -0.25) is 14.4 Å². The van der Waals surface area contributed by atoms with Gasteiger partial charge in [-0.25, -0.2) is 0 Å². The number of aliphatic hydroxyl groups is 1. The lowest BCUT2D eigenvalue weighted by atomic mass is 10.4. The molecule has 0 rings (SSSR count). The van der Waals surface area contributed by atoms with Gasteiger partial charge in [0.15, 0.2) is 0 Å². The second-order valence-corrected chi connectivity index (χ2v) is 3.58. The van der Waals surface area contributed by atoms with E-state index in [2.05, 4.69) is 0 Å². The van der Waals surface area contributed by atoms with Crippen molar-refractivity contribution in [1.82, 2.24) is 9.80 Å². The van der Waals surface area contributed by atoms with Crippen LogP contribution in [0.5, 0.6) is 0 Å². The van der Waals surface area contributed by atoms with Crippen LogP contribution in [-0.2, 0) is 14.4 Å². The normalized spacial score (nSPS) is 10.4. The molecule has 0 bridgehead atoms. The zero-order valence-electron chi connectivity index (χ0n) is 10.1. The Kier molecular flexibility index (Phi) is 7.70. The molecule has 9 nitrogen and oxygen atoms in total. The summed E-state index contributed by atoms with van der Waals surface area (Å²) >= 11 is 0.